The molecule has 2 bridgehead atoms. The molecule has 0 radical (unpaired) electrons. The van der Waals surface area contributed by atoms with Gasteiger partial charge in [0.1, 0.15) is 5.60 Å². The first-order valence-corrected chi connectivity index (χ1v) is 8.96. The molecule has 0 aliphatic heterocycles. The Labute approximate surface area is 139 Å². The van der Waals surface area contributed by atoms with E-state index in [4.69, 9.17) is 4.74 Å². The first-order valence-electron chi connectivity index (χ1n) is 8.96. The van der Waals surface area contributed by atoms with Crippen LogP contribution in [0.2, 0.25) is 0 Å². The molecule has 2 N–H and O–H groups in total. The highest BCUT2D eigenvalue weighted by Gasteiger charge is 2.64. The van der Waals surface area contributed by atoms with Crippen molar-refractivity contribution in [2.75, 3.05) is 6.61 Å². The summed E-state index contributed by atoms with van der Waals surface area (Å²) < 4.78 is 6.16. The van der Waals surface area contributed by atoms with E-state index in [-0.39, 0.29) is 24.0 Å². The maximum atomic E-state index is 11.2. The van der Waals surface area contributed by atoms with Gasteiger partial charge in [0.05, 0.1) is 18.8 Å². The van der Waals surface area contributed by atoms with Gasteiger partial charge in [-0.05, 0) is 42.1 Å². The van der Waals surface area contributed by atoms with Crippen LogP contribution in [0.25, 0.3) is 0 Å². The van der Waals surface area contributed by atoms with Crippen LogP contribution in [0, 0.1) is 17.3 Å². The second-order valence-corrected chi connectivity index (χ2v) is 8.05. The molecule has 0 heterocycles. The van der Waals surface area contributed by atoms with E-state index in [9.17, 15) is 10.2 Å². The van der Waals surface area contributed by atoms with Crippen molar-refractivity contribution in [2.45, 2.75) is 64.3 Å². The third-order valence-electron chi connectivity index (χ3n) is 6.40. The molecule has 1 aromatic carbocycles. The minimum atomic E-state index is -1.11. The van der Waals surface area contributed by atoms with Gasteiger partial charge < -0.3 is 14.9 Å². The first-order chi connectivity index (χ1) is 10.9. The van der Waals surface area contributed by atoms with E-state index in [2.05, 4.69) is 32.9 Å². The fourth-order valence-electron chi connectivity index (χ4n) is 4.68. The van der Waals surface area contributed by atoms with E-state index in [1.807, 2.05) is 18.2 Å². The van der Waals surface area contributed by atoms with Crippen LogP contribution in [0.1, 0.15) is 58.1 Å². The molecule has 3 aliphatic carbocycles. The number of aliphatic hydroxyl groups is 2. The highest BCUT2D eigenvalue weighted by Crippen LogP contribution is 2.62. The molecule has 3 fully saturated rings. The van der Waals surface area contributed by atoms with Gasteiger partial charge in [-0.15, -0.1) is 0 Å². The summed E-state index contributed by atoms with van der Waals surface area (Å²) in [6.07, 6.45) is 2.96. The maximum absolute atomic E-state index is 11.2. The summed E-state index contributed by atoms with van der Waals surface area (Å²) >= 11 is 0. The second-order valence-electron chi connectivity index (χ2n) is 8.05. The number of ether oxygens (including phenoxy) is 1. The Hall–Kier alpha value is -0.900. The predicted molar refractivity (Wildman–Crippen MR) is 91.0 cm³/mol. The zero-order valence-electron chi connectivity index (χ0n) is 14.5. The van der Waals surface area contributed by atoms with Crippen molar-refractivity contribution in [1.82, 2.24) is 0 Å². The summed E-state index contributed by atoms with van der Waals surface area (Å²) in [4.78, 5) is 0. The number of benzene rings is 1. The van der Waals surface area contributed by atoms with Gasteiger partial charge >= 0.3 is 0 Å². The summed E-state index contributed by atoms with van der Waals surface area (Å²) in [6.45, 7) is 6.78. The van der Waals surface area contributed by atoms with Gasteiger partial charge in [-0.25, -0.2) is 0 Å². The molecular weight excluding hydrogens is 288 g/mol. The average molecular weight is 318 g/mol. The van der Waals surface area contributed by atoms with E-state index >= 15 is 0 Å². The maximum Gasteiger partial charge on any atom is 0.117 e. The molecule has 3 aliphatic rings. The molecule has 3 heteroatoms. The Bertz CT molecular complexity index is 527. The molecule has 1 aromatic rings. The van der Waals surface area contributed by atoms with Crippen molar-refractivity contribution < 1.29 is 14.9 Å². The molecule has 0 aromatic heterocycles. The molecule has 5 atom stereocenters. The number of fused-ring (bicyclic) bond motifs is 2. The quantitative estimate of drug-likeness (QED) is 0.841. The SMILES string of the molecule is CCC[C@H](OC[C@@]1(O)[C@H](O)C[C@@H]2C[C@H]1C2(C)C)c1ccccc1. The average Bonchev–Trinajstić information content (AvgIpc) is 2.54. The largest absolute Gasteiger partial charge is 0.390 e. The molecule has 3 nitrogen and oxygen atoms in total. The van der Waals surface area contributed by atoms with Crippen LogP contribution in [0.15, 0.2) is 30.3 Å². The highest BCUT2D eigenvalue weighted by atomic mass is 16.5. The third kappa shape index (κ3) is 2.84. The normalized spacial score (nSPS) is 36.3. The van der Waals surface area contributed by atoms with Gasteiger partial charge in [-0.2, -0.15) is 0 Å². The Balaban J connectivity index is 1.72. The minimum Gasteiger partial charge on any atom is -0.390 e. The van der Waals surface area contributed by atoms with E-state index in [1.165, 1.54) is 0 Å². The van der Waals surface area contributed by atoms with Crippen LogP contribution >= 0.6 is 0 Å². The van der Waals surface area contributed by atoms with Gasteiger partial charge in [-0.1, -0.05) is 57.5 Å². The third-order valence-corrected chi connectivity index (χ3v) is 6.40. The Morgan fingerprint density at radius 2 is 1.91 bits per heavy atom. The molecule has 0 unspecified atom stereocenters. The zero-order valence-corrected chi connectivity index (χ0v) is 14.5. The standard InChI is InChI=1S/C20H30O3/c1-4-8-16(14-9-6-5-7-10-14)23-13-20(22)17-11-15(12-18(20)21)19(17,2)3/h5-7,9-10,15-18,21-22H,4,8,11-13H2,1-3H3/t15-,16-,17-,18+,20-/m0/s1. The van der Waals surface area contributed by atoms with Crippen molar-refractivity contribution in [3.8, 4) is 0 Å². The van der Waals surface area contributed by atoms with Crippen LogP contribution in [-0.4, -0.2) is 28.5 Å². The molecule has 4 rings (SSSR count). The van der Waals surface area contributed by atoms with Crippen molar-refractivity contribution in [3.05, 3.63) is 35.9 Å². The zero-order chi connectivity index (χ0) is 16.7. The van der Waals surface area contributed by atoms with Gasteiger partial charge in [0.15, 0.2) is 0 Å². The molecule has 23 heavy (non-hydrogen) atoms. The van der Waals surface area contributed by atoms with Crippen molar-refractivity contribution in [3.63, 3.8) is 0 Å². The summed E-state index contributed by atoms with van der Waals surface area (Å²) in [5.74, 6) is 0.658. The van der Waals surface area contributed by atoms with Crippen LogP contribution in [0.3, 0.4) is 0 Å². The lowest BCUT2D eigenvalue weighted by Gasteiger charge is -2.64. The topological polar surface area (TPSA) is 49.7 Å². The van der Waals surface area contributed by atoms with Crippen LogP contribution in [-0.2, 0) is 4.74 Å². The highest BCUT2D eigenvalue weighted by molar-refractivity contribution is 5.18. The van der Waals surface area contributed by atoms with Crippen LogP contribution < -0.4 is 0 Å². The molecular formula is C20H30O3. The number of hydrogen-bond donors (Lipinski definition) is 2. The van der Waals surface area contributed by atoms with Crippen molar-refractivity contribution in [1.29, 1.82) is 0 Å². The van der Waals surface area contributed by atoms with E-state index in [0.717, 1.165) is 24.8 Å². The second kappa shape index (κ2) is 6.19. The van der Waals surface area contributed by atoms with Crippen LogP contribution in [0.5, 0.6) is 0 Å². The number of aliphatic hydroxyl groups excluding tert-OH is 1. The smallest absolute Gasteiger partial charge is 0.117 e. The Morgan fingerprint density at radius 1 is 1.22 bits per heavy atom. The molecule has 0 saturated heterocycles. The summed E-state index contributed by atoms with van der Waals surface area (Å²) in [5, 5.41) is 21.6. The van der Waals surface area contributed by atoms with E-state index in [0.29, 0.717) is 12.3 Å². The lowest BCUT2D eigenvalue weighted by atomic mass is 9.43. The fraction of sp³-hybridized carbons (Fsp3) is 0.700. The lowest BCUT2D eigenvalue weighted by Crippen LogP contribution is -2.69. The minimum absolute atomic E-state index is 0.0154. The molecule has 0 spiro atoms. The van der Waals surface area contributed by atoms with Gasteiger partial charge in [-0.3, -0.25) is 0 Å². The Morgan fingerprint density at radius 3 is 2.52 bits per heavy atom. The lowest BCUT2D eigenvalue weighted by molar-refractivity contribution is -0.273. The number of rotatable bonds is 6. The first kappa shape index (κ1) is 16.9. The molecule has 0 amide bonds. The predicted octanol–water partition coefficient (Wildman–Crippen LogP) is 3.70. The van der Waals surface area contributed by atoms with Gasteiger partial charge in [0.25, 0.3) is 0 Å². The Kier molecular flexibility index (Phi) is 4.56. The summed E-state index contributed by atoms with van der Waals surface area (Å²) in [5.41, 5.74) is 0.137. The van der Waals surface area contributed by atoms with Crippen LogP contribution in [0.4, 0.5) is 0 Å². The number of hydrogen-bond acceptors (Lipinski definition) is 3. The molecule has 3 saturated carbocycles. The van der Waals surface area contributed by atoms with Gasteiger partial charge in [0.2, 0.25) is 0 Å². The van der Waals surface area contributed by atoms with E-state index < -0.39 is 11.7 Å². The summed E-state index contributed by atoms with van der Waals surface area (Å²) in [7, 11) is 0. The fourth-order valence-corrected chi connectivity index (χ4v) is 4.68. The van der Waals surface area contributed by atoms with E-state index in [1.54, 1.807) is 0 Å². The van der Waals surface area contributed by atoms with Crippen molar-refractivity contribution >= 4 is 0 Å². The monoisotopic (exact) mass is 318 g/mol. The van der Waals surface area contributed by atoms with Crippen molar-refractivity contribution in [2.24, 2.45) is 17.3 Å². The molecule has 128 valence electrons. The summed E-state index contributed by atoms with van der Waals surface area (Å²) in [6, 6.07) is 10.2. The van der Waals surface area contributed by atoms with Gasteiger partial charge in [0, 0.05) is 0 Å².